The van der Waals surface area contributed by atoms with Gasteiger partial charge in [-0.1, -0.05) is 12.1 Å². The van der Waals surface area contributed by atoms with Crippen LogP contribution in [-0.4, -0.2) is 27.3 Å². The van der Waals surface area contributed by atoms with E-state index in [0.29, 0.717) is 16.8 Å². The van der Waals surface area contributed by atoms with Crippen molar-refractivity contribution in [3.63, 3.8) is 0 Å². The third-order valence-corrected chi connectivity index (χ3v) is 4.37. The van der Waals surface area contributed by atoms with Crippen LogP contribution in [0.4, 0.5) is 0 Å². The molecule has 2 aromatic heterocycles. The Kier molecular flexibility index (Phi) is 4.11. The lowest BCUT2D eigenvalue weighted by Gasteiger charge is -2.13. The molecule has 0 spiro atoms. The number of benzene rings is 1. The summed E-state index contributed by atoms with van der Waals surface area (Å²) in [7, 11) is 4.15. The number of esters is 1. The molecule has 8 heteroatoms. The van der Waals surface area contributed by atoms with Crippen molar-refractivity contribution in [2.75, 3.05) is 7.11 Å². The van der Waals surface area contributed by atoms with E-state index in [1.165, 1.54) is 37.9 Å². The number of aromatic hydroxyl groups is 1. The number of fused-ring (bicyclic) bond motifs is 1. The number of rotatable bonds is 2. The number of phenolic OH excluding ortho intramolecular Hbond substituents is 1. The van der Waals surface area contributed by atoms with Crippen LogP contribution >= 0.6 is 0 Å². The fourth-order valence-electron chi connectivity index (χ4n) is 3.08. The van der Waals surface area contributed by atoms with E-state index in [1.807, 2.05) is 0 Å². The minimum atomic E-state index is -0.630. The zero-order chi connectivity index (χ0) is 19.2. The Labute approximate surface area is 147 Å². The number of hydrogen-bond donors (Lipinski definition) is 1. The molecule has 0 unspecified atom stereocenters. The van der Waals surface area contributed by atoms with Gasteiger partial charge in [-0.3, -0.25) is 4.79 Å². The summed E-state index contributed by atoms with van der Waals surface area (Å²) in [4.78, 5) is 40.5. The summed E-state index contributed by atoms with van der Waals surface area (Å²) in [6.07, 6.45) is 0. The fourth-order valence-corrected chi connectivity index (χ4v) is 3.08. The summed E-state index contributed by atoms with van der Waals surface area (Å²) in [5.74, 6) is -0.645. The maximum atomic E-state index is 12.9. The normalized spacial score (nSPS) is 10.9. The van der Waals surface area contributed by atoms with Gasteiger partial charge in [-0.05, 0) is 24.6 Å². The number of nitrogens with one attached hydrogen (secondary N) is 1. The van der Waals surface area contributed by atoms with Crippen molar-refractivity contribution in [1.29, 1.82) is 0 Å². The predicted molar refractivity (Wildman–Crippen MR) is 94.2 cm³/mol. The average molecular weight is 356 g/mol. The molecule has 0 aliphatic rings. The number of phenols is 1. The number of aromatic amines is 1. The standard InChI is InChI=1S/C18H17N3O5/c1-9-12(17(24)26-4)13(10-6-5-7-11(22)8-10)14-15(19-9)20(2)18(25)21(3)16(14)23/h5-8,22H,1-4H3/p+1. The van der Waals surface area contributed by atoms with Crippen LogP contribution in [0.5, 0.6) is 5.75 Å². The summed E-state index contributed by atoms with van der Waals surface area (Å²) in [6.45, 7) is 1.65. The first-order chi connectivity index (χ1) is 12.3. The Hall–Kier alpha value is -3.42. The van der Waals surface area contributed by atoms with E-state index in [-0.39, 0.29) is 22.3 Å². The molecule has 0 aliphatic carbocycles. The lowest BCUT2D eigenvalue weighted by Crippen LogP contribution is -2.40. The average Bonchev–Trinajstić information content (AvgIpc) is 2.63. The third-order valence-electron chi connectivity index (χ3n) is 4.37. The second-order valence-corrected chi connectivity index (χ2v) is 5.97. The van der Waals surface area contributed by atoms with Crippen molar-refractivity contribution < 1.29 is 19.6 Å². The van der Waals surface area contributed by atoms with Gasteiger partial charge in [-0.2, -0.15) is 4.57 Å². The molecule has 0 amide bonds. The molecular weight excluding hydrogens is 338 g/mol. The number of carbonyl (C=O) groups excluding carboxylic acids is 1. The molecule has 0 radical (unpaired) electrons. The van der Waals surface area contributed by atoms with E-state index in [0.717, 1.165) is 4.57 Å². The molecule has 0 saturated heterocycles. The van der Waals surface area contributed by atoms with Crippen molar-refractivity contribution in [2.24, 2.45) is 14.1 Å². The van der Waals surface area contributed by atoms with E-state index in [2.05, 4.69) is 4.98 Å². The summed E-state index contributed by atoms with van der Waals surface area (Å²) >= 11 is 0. The highest BCUT2D eigenvalue weighted by Gasteiger charge is 2.28. The van der Waals surface area contributed by atoms with Crippen LogP contribution < -0.4 is 16.2 Å². The maximum Gasteiger partial charge on any atom is 0.417 e. The van der Waals surface area contributed by atoms with Gasteiger partial charge in [-0.25, -0.2) is 19.1 Å². The lowest BCUT2D eigenvalue weighted by molar-refractivity contribution is -0.359. The molecule has 0 saturated carbocycles. The van der Waals surface area contributed by atoms with Crippen LogP contribution in [0.25, 0.3) is 22.2 Å². The zero-order valence-electron chi connectivity index (χ0n) is 14.8. The molecule has 3 aromatic rings. The number of aromatic nitrogens is 3. The number of nitrogens with zero attached hydrogens (tertiary/aromatic N) is 2. The Morgan fingerprint density at radius 3 is 2.50 bits per heavy atom. The molecule has 0 atom stereocenters. The third kappa shape index (κ3) is 2.46. The quantitative estimate of drug-likeness (QED) is 0.674. The van der Waals surface area contributed by atoms with Gasteiger partial charge in [0.05, 0.1) is 14.2 Å². The summed E-state index contributed by atoms with van der Waals surface area (Å²) < 4.78 is 7.16. The minimum Gasteiger partial charge on any atom is -0.508 e. The van der Waals surface area contributed by atoms with Gasteiger partial charge in [0.15, 0.2) is 0 Å². The number of aryl methyl sites for hydroxylation is 2. The highest BCUT2D eigenvalue weighted by Crippen LogP contribution is 2.31. The smallest absolute Gasteiger partial charge is 0.417 e. The van der Waals surface area contributed by atoms with Gasteiger partial charge in [0.1, 0.15) is 22.4 Å². The van der Waals surface area contributed by atoms with Gasteiger partial charge < -0.3 is 9.84 Å². The molecule has 1 aromatic carbocycles. The number of carbonyl (C=O) groups is 1. The number of pyridine rings is 1. The molecule has 134 valence electrons. The van der Waals surface area contributed by atoms with Gasteiger partial charge in [-0.15, -0.1) is 0 Å². The Bertz CT molecular complexity index is 1170. The van der Waals surface area contributed by atoms with Crippen LogP contribution in [-0.2, 0) is 18.8 Å². The molecule has 0 aliphatic heterocycles. The first-order valence-electron chi connectivity index (χ1n) is 7.81. The fraction of sp³-hybridized carbons (Fsp3) is 0.222. The molecule has 0 fully saturated rings. The van der Waals surface area contributed by atoms with Crippen molar-refractivity contribution in [2.45, 2.75) is 6.92 Å². The van der Waals surface area contributed by atoms with E-state index in [9.17, 15) is 19.5 Å². The zero-order valence-corrected chi connectivity index (χ0v) is 14.8. The number of hydrogen-bond acceptors (Lipinski definition) is 5. The van der Waals surface area contributed by atoms with E-state index < -0.39 is 17.2 Å². The highest BCUT2D eigenvalue weighted by atomic mass is 16.5. The maximum absolute atomic E-state index is 12.9. The predicted octanol–water partition coefficient (Wildman–Crippen LogP) is 0.519. The van der Waals surface area contributed by atoms with E-state index >= 15 is 0 Å². The molecular formula is C18H18N3O5+. The number of H-pyrrole nitrogens is 1. The number of methoxy groups -OCH3 is 1. The van der Waals surface area contributed by atoms with Crippen molar-refractivity contribution in [3.05, 3.63) is 56.4 Å². The Balaban J connectivity index is 2.67. The van der Waals surface area contributed by atoms with Crippen molar-refractivity contribution >= 4 is 17.0 Å². The Morgan fingerprint density at radius 2 is 1.88 bits per heavy atom. The van der Waals surface area contributed by atoms with Gasteiger partial charge in [0.25, 0.3) is 11.2 Å². The van der Waals surface area contributed by atoms with Crippen LogP contribution in [0, 0.1) is 6.92 Å². The monoisotopic (exact) mass is 356 g/mol. The van der Waals surface area contributed by atoms with Crippen molar-refractivity contribution in [3.8, 4) is 16.9 Å². The van der Waals surface area contributed by atoms with Crippen LogP contribution in [0.1, 0.15) is 16.1 Å². The SMILES string of the molecule is COC(=O)c1c(C)[nH+]c2c(c1-c1cccc(O)c1)c(=O)n(C)c(=O)n2C. The van der Waals surface area contributed by atoms with E-state index in [1.54, 1.807) is 19.1 Å². The summed E-state index contributed by atoms with van der Waals surface area (Å²) in [6, 6.07) is 6.21. The molecule has 26 heavy (non-hydrogen) atoms. The van der Waals surface area contributed by atoms with Gasteiger partial charge in [0.2, 0.25) is 0 Å². The first kappa shape index (κ1) is 17.4. The molecule has 0 bridgehead atoms. The molecule has 2 N–H and O–H groups in total. The first-order valence-corrected chi connectivity index (χ1v) is 7.81. The minimum absolute atomic E-state index is 0.0152. The Morgan fingerprint density at radius 1 is 1.19 bits per heavy atom. The lowest BCUT2D eigenvalue weighted by atomic mass is 9.95. The van der Waals surface area contributed by atoms with Crippen molar-refractivity contribution in [1.82, 2.24) is 9.13 Å². The molecule has 8 nitrogen and oxygen atoms in total. The highest BCUT2D eigenvalue weighted by molar-refractivity contribution is 6.05. The molecule has 3 rings (SSSR count). The van der Waals surface area contributed by atoms with Crippen LogP contribution in [0.15, 0.2) is 33.9 Å². The number of ether oxygens (including phenoxy) is 1. The summed E-state index contributed by atoms with van der Waals surface area (Å²) in [5, 5.41) is 10.0. The second-order valence-electron chi connectivity index (χ2n) is 5.97. The van der Waals surface area contributed by atoms with Crippen LogP contribution in [0.3, 0.4) is 0 Å². The molecule has 2 heterocycles. The summed E-state index contributed by atoms with van der Waals surface area (Å²) in [5.41, 5.74) is 0.598. The second kappa shape index (κ2) is 6.14. The largest absolute Gasteiger partial charge is 0.508 e. The van der Waals surface area contributed by atoms with E-state index in [4.69, 9.17) is 4.74 Å². The van der Waals surface area contributed by atoms with Gasteiger partial charge >= 0.3 is 11.7 Å². The van der Waals surface area contributed by atoms with Crippen LogP contribution in [0.2, 0.25) is 0 Å². The van der Waals surface area contributed by atoms with Gasteiger partial charge in [0, 0.05) is 12.6 Å². The topological polar surface area (TPSA) is 105 Å².